The van der Waals surface area contributed by atoms with Gasteiger partial charge in [0, 0.05) is 36.5 Å². The molecule has 0 bridgehead atoms. The van der Waals surface area contributed by atoms with Crippen LogP contribution in [0.4, 0.5) is 0 Å². The van der Waals surface area contributed by atoms with E-state index in [2.05, 4.69) is 12.1 Å². The highest BCUT2D eigenvalue weighted by Gasteiger charge is 2.31. The van der Waals surface area contributed by atoms with Crippen molar-refractivity contribution >= 4 is 17.5 Å². The lowest BCUT2D eigenvalue weighted by Gasteiger charge is -2.21. The summed E-state index contributed by atoms with van der Waals surface area (Å²) in [5, 5.41) is 0.764. The third-order valence-electron chi connectivity index (χ3n) is 5.04. The SMILES string of the molecule is N[C@@H]1CCC[C@H]1CC(=O)N1CCC(c2ccc(Cl)cc2)C1. The number of carbonyl (C=O) groups excluding carboxylic acids is 1. The Morgan fingerprint density at radius 3 is 2.67 bits per heavy atom. The molecule has 1 amide bonds. The molecule has 1 aromatic rings. The summed E-state index contributed by atoms with van der Waals surface area (Å²) >= 11 is 5.93. The molecule has 1 saturated heterocycles. The molecule has 3 atom stereocenters. The van der Waals surface area contributed by atoms with E-state index in [0.717, 1.165) is 37.4 Å². The molecule has 0 aromatic heterocycles. The number of carbonyl (C=O) groups is 1. The number of halogens is 1. The maximum absolute atomic E-state index is 12.4. The number of nitrogens with two attached hydrogens (primary N) is 1. The lowest BCUT2D eigenvalue weighted by Crippen LogP contribution is -2.33. The van der Waals surface area contributed by atoms with Gasteiger partial charge in [0.15, 0.2) is 0 Å². The topological polar surface area (TPSA) is 46.3 Å². The lowest BCUT2D eigenvalue weighted by molar-refractivity contribution is -0.131. The fraction of sp³-hybridized carbons (Fsp3) is 0.588. The van der Waals surface area contributed by atoms with Crippen molar-refractivity contribution in [2.45, 2.75) is 44.1 Å². The van der Waals surface area contributed by atoms with Gasteiger partial charge in [-0.1, -0.05) is 30.2 Å². The van der Waals surface area contributed by atoms with Crippen LogP contribution in [0.25, 0.3) is 0 Å². The van der Waals surface area contributed by atoms with Gasteiger partial charge in [0.2, 0.25) is 5.91 Å². The first kappa shape index (κ1) is 14.9. The summed E-state index contributed by atoms with van der Waals surface area (Å²) < 4.78 is 0. The average molecular weight is 307 g/mol. The number of rotatable bonds is 3. The van der Waals surface area contributed by atoms with E-state index in [1.54, 1.807) is 0 Å². The van der Waals surface area contributed by atoms with Gasteiger partial charge in [-0.05, 0) is 42.9 Å². The van der Waals surface area contributed by atoms with Gasteiger partial charge in [-0.25, -0.2) is 0 Å². The molecule has 4 heteroatoms. The Morgan fingerprint density at radius 1 is 1.24 bits per heavy atom. The Balaban J connectivity index is 1.56. The highest BCUT2D eigenvalue weighted by atomic mass is 35.5. The van der Waals surface area contributed by atoms with Crippen LogP contribution >= 0.6 is 11.6 Å². The van der Waals surface area contributed by atoms with Crippen molar-refractivity contribution in [3.05, 3.63) is 34.9 Å². The van der Waals surface area contributed by atoms with E-state index in [1.807, 2.05) is 17.0 Å². The normalized spacial score (nSPS) is 29.0. The maximum Gasteiger partial charge on any atom is 0.222 e. The molecule has 3 rings (SSSR count). The Kier molecular flexibility index (Phi) is 4.51. The van der Waals surface area contributed by atoms with Crippen molar-refractivity contribution in [1.29, 1.82) is 0 Å². The van der Waals surface area contributed by atoms with Gasteiger partial charge in [0.1, 0.15) is 0 Å². The van der Waals surface area contributed by atoms with Gasteiger partial charge in [0.05, 0.1) is 0 Å². The second-order valence-electron chi connectivity index (χ2n) is 6.44. The molecule has 2 fully saturated rings. The largest absolute Gasteiger partial charge is 0.342 e. The van der Waals surface area contributed by atoms with Crippen LogP contribution in [-0.4, -0.2) is 29.9 Å². The first-order chi connectivity index (χ1) is 10.1. The molecule has 3 nitrogen and oxygen atoms in total. The van der Waals surface area contributed by atoms with Gasteiger partial charge in [-0.3, -0.25) is 4.79 Å². The Morgan fingerprint density at radius 2 is 2.00 bits per heavy atom. The van der Waals surface area contributed by atoms with Crippen LogP contribution in [0.3, 0.4) is 0 Å². The highest BCUT2D eigenvalue weighted by Crippen LogP contribution is 2.31. The number of likely N-dealkylation sites (tertiary alicyclic amines) is 1. The number of hydrogen-bond donors (Lipinski definition) is 1. The van der Waals surface area contributed by atoms with Crippen LogP contribution in [0.5, 0.6) is 0 Å². The van der Waals surface area contributed by atoms with Crippen LogP contribution in [-0.2, 0) is 4.79 Å². The molecule has 1 aliphatic carbocycles. The molecule has 1 aliphatic heterocycles. The maximum atomic E-state index is 12.4. The number of hydrogen-bond acceptors (Lipinski definition) is 2. The predicted octanol–water partition coefficient (Wildman–Crippen LogP) is 3.17. The summed E-state index contributed by atoms with van der Waals surface area (Å²) in [5.74, 6) is 1.13. The highest BCUT2D eigenvalue weighted by molar-refractivity contribution is 6.30. The zero-order valence-corrected chi connectivity index (χ0v) is 13.1. The minimum atomic E-state index is 0.226. The summed E-state index contributed by atoms with van der Waals surface area (Å²) in [6, 6.07) is 8.24. The Bertz CT molecular complexity index is 502. The molecule has 1 aromatic carbocycles. The van der Waals surface area contributed by atoms with Crippen molar-refractivity contribution < 1.29 is 4.79 Å². The molecule has 0 spiro atoms. The van der Waals surface area contributed by atoms with E-state index in [9.17, 15) is 4.79 Å². The predicted molar refractivity (Wildman–Crippen MR) is 85.3 cm³/mol. The van der Waals surface area contributed by atoms with Gasteiger partial charge < -0.3 is 10.6 Å². The first-order valence-electron chi connectivity index (χ1n) is 7.92. The van der Waals surface area contributed by atoms with Crippen molar-refractivity contribution in [2.75, 3.05) is 13.1 Å². The zero-order chi connectivity index (χ0) is 14.8. The Hall–Kier alpha value is -1.06. The van der Waals surface area contributed by atoms with Crippen molar-refractivity contribution in [3.63, 3.8) is 0 Å². The van der Waals surface area contributed by atoms with E-state index >= 15 is 0 Å². The van der Waals surface area contributed by atoms with Crippen molar-refractivity contribution in [2.24, 2.45) is 11.7 Å². The van der Waals surface area contributed by atoms with E-state index in [4.69, 9.17) is 17.3 Å². The molecular weight excluding hydrogens is 284 g/mol. The van der Waals surface area contributed by atoms with Crippen LogP contribution in [0, 0.1) is 5.92 Å². The number of benzene rings is 1. The summed E-state index contributed by atoms with van der Waals surface area (Å²) in [7, 11) is 0. The molecule has 1 heterocycles. The Labute approximate surface area is 131 Å². The molecule has 2 N–H and O–H groups in total. The molecule has 2 aliphatic rings. The van der Waals surface area contributed by atoms with E-state index < -0.39 is 0 Å². The molecule has 114 valence electrons. The van der Waals surface area contributed by atoms with Crippen LogP contribution in [0.15, 0.2) is 24.3 Å². The minimum absolute atomic E-state index is 0.226. The molecular formula is C17H23ClN2O. The second kappa shape index (κ2) is 6.37. The van der Waals surface area contributed by atoms with Gasteiger partial charge in [-0.15, -0.1) is 0 Å². The molecule has 1 unspecified atom stereocenters. The molecule has 0 radical (unpaired) electrons. The summed E-state index contributed by atoms with van der Waals surface area (Å²) in [5.41, 5.74) is 7.36. The zero-order valence-electron chi connectivity index (χ0n) is 12.3. The second-order valence-corrected chi connectivity index (χ2v) is 6.87. The monoisotopic (exact) mass is 306 g/mol. The summed E-state index contributed by atoms with van der Waals surface area (Å²) in [4.78, 5) is 14.4. The van der Waals surface area contributed by atoms with Crippen LogP contribution in [0.2, 0.25) is 5.02 Å². The average Bonchev–Trinajstić information content (AvgIpc) is 3.10. The van der Waals surface area contributed by atoms with Gasteiger partial charge >= 0.3 is 0 Å². The fourth-order valence-electron chi connectivity index (χ4n) is 3.67. The smallest absolute Gasteiger partial charge is 0.222 e. The standard InChI is InChI=1S/C17H23ClN2O/c18-15-6-4-12(5-7-15)14-8-9-20(11-14)17(21)10-13-2-1-3-16(13)19/h4-7,13-14,16H,1-3,8-11,19H2/t13-,14?,16+/m0/s1. The quantitative estimate of drug-likeness (QED) is 0.932. The van der Waals surface area contributed by atoms with E-state index in [0.29, 0.717) is 18.3 Å². The third-order valence-corrected chi connectivity index (χ3v) is 5.29. The number of nitrogens with zero attached hydrogens (tertiary/aromatic N) is 1. The van der Waals surface area contributed by atoms with Crippen LogP contribution in [0.1, 0.15) is 43.6 Å². The van der Waals surface area contributed by atoms with Crippen LogP contribution < -0.4 is 5.73 Å². The summed E-state index contributed by atoms with van der Waals surface area (Å²) in [6.07, 6.45) is 5.04. The number of amides is 1. The first-order valence-corrected chi connectivity index (χ1v) is 8.30. The third kappa shape index (κ3) is 3.41. The minimum Gasteiger partial charge on any atom is -0.342 e. The lowest BCUT2D eigenvalue weighted by atomic mass is 9.98. The van der Waals surface area contributed by atoms with Gasteiger partial charge in [0.25, 0.3) is 0 Å². The van der Waals surface area contributed by atoms with E-state index in [1.165, 1.54) is 12.0 Å². The van der Waals surface area contributed by atoms with Crippen molar-refractivity contribution in [3.8, 4) is 0 Å². The van der Waals surface area contributed by atoms with E-state index in [-0.39, 0.29) is 11.9 Å². The van der Waals surface area contributed by atoms with Gasteiger partial charge in [-0.2, -0.15) is 0 Å². The molecule has 1 saturated carbocycles. The van der Waals surface area contributed by atoms with Crippen molar-refractivity contribution in [1.82, 2.24) is 4.90 Å². The molecule has 21 heavy (non-hydrogen) atoms. The fourth-order valence-corrected chi connectivity index (χ4v) is 3.79. The summed E-state index contributed by atoms with van der Waals surface area (Å²) in [6.45, 7) is 1.70.